The van der Waals surface area contributed by atoms with Crippen LogP contribution in [0.15, 0.2) is 47.7 Å². The Morgan fingerprint density at radius 2 is 2.17 bits per heavy atom. The predicted octanol–water partition coefficient (Wildman–Crippen LogP) is 2.67. The van der Waals surface area contributed by atoms with Crippen LogP contribution in [0.25, 0.3) is 10.9 Å². The molecule has 0 saturated heterocycles. The first-order chi connectivity index (χ1) is 11.2. The standard InChI is InChI=1S/C16H12ClN5O.ClH/c17-12-5-1-4-11-13(12)20-16(22-8-7-19-14(11)22)21-15(23)10-3-2-6-18-9-10;/h1-6,9,19H,7-8H2;1H. The minimum absolute atomic E-state index is 0. The highest BCUT2D eigenvalue weighted by molar-refractivity contribution is 6.35. The van der Waals surface area contributed by atoms with Gasteiger partial charge in [-0.15, -0.1) is 12.4 Å². The third-order valence-corrected chi connectivity index (χ3v) is 4.01. The van der Waals surface area contributed by atoms with E-state index in [2.05, 4.69) is 20.3 Å². The van der Waals surface area contributed by atoms with Gasteiger partial charge in [0.25, 0.3) is 5.91 Å². The maximum Gasteiger partial charge on any atom is 0.281 e. The van der Waals surface area contributed by atoms with Gasteiger partial charge >= 0.3 is 0 Å². The number of aromatic nitrogens is 3. The number of anilines is 1. The molecule has 0 spiro atoms. The molecule has 0 saturated carbocycles. The number of pyridine rings is 1. The van der Waals surface area contributed by atoms with Crippen LogP contribution in [0.2, 0.25) is 5.02 Å². The van der Waals surface area contributed by atoms with Crippen molar-refractivity contribution in [3.63, 3.8) is 0 Å². The van der Waals surface area contributed by atoms with Gasteiger partial charge in [-0.2, -0.15) is 4.99 Å². The molecule has 1 amide bonds. The van der Waals surface area contributed by atoms with Crippen LogP contribution < -0.4 is 10.9 Å². The Morgan fingerprint density at radius 1 is 1.29 bits per heavy atom. The van der Waals surface area contributed by atoms with Crippen molar-refractivity contribution in [2.75, 3.05) is 11.9 Å². The Balaban J connectivity index is 0.00000169. The first-order valence-corrected chi connectivity index (χ1v) is 7.54. The fraction of sp³-hybridized carbons (Fsp3) is 0.125. The van der Waals surface area contributed by atoms with Crippen LogP contribution in [-0.2, 0) is 6.54 Å². The number of para-hydroxylation sites is 1. The van der Waals surface area contributed by atoms with E-state index >= 15 is 0 Å². The van der Waals surface area contributed by atoms with E-state index in [0.29, 0.717) is 28.3 Å². The summed E-state index contributed by atoms with van der Waals surface area (Å²) in [6.07, 6.45) is 3.10. The molecule has 122 valence electrons. The number of fused-ring (bicyclic) bond motifs is 3. The second-order valence-corrected chi connectivity index (χ2v) is 5.54. The summed E-state index contributed by atoms with van der Waals surface area (Å²) in [5.41, 5.74) is 1.40. The van der Waals surface area contributed by atoms with Gasteiger partial charge < -0.3 is 5.32 Å². The predicted molar refractivity (Wildman–Crippen MR) is 94.6 cm³/mol. The van der Waals surface area contributed by atoms with E-state index < -0.39 is 0 Å². The molecule has 1 aliphatic rings. The Hall–Kier alpha value is -2.44. The first-order valence-electron chi connectivity index (χ1n) is 7.16. The molecule has 24 heavy (non-hydrogen) atoms. The average molecular weight is 362 g/mol. The quantitative estimate of drug-likeness (QED) is 0.723. The van der Waals surface area contributed by atoms with E-state index in [1.54, 1.807) is 24.4 Å². The zero-order valence-electron chi connectivity index (χ0n) is 12.4. The fourth-order valence-corrected chi connectivity index (χ4v) is 2.86. The third kappa shape index (κ3) is 2.74. The Morgan fingerprint density at radius 3 is 2.96 bits per heavy atom. The van der Waals surface area contributed by atoms with E-state index in [9.17, 15) is 4.79 Å². The molecule has 8 heteroatoms. The summed E-state index contributed by atoms with van der Waals surface area (Å²) in [4.78, 5) is 24.9. The number of amides is 1. The van der Waals surface area contributed by atoms with Gasteiger partial charge in [0, 0.05) is 30.9 Å². The van der Waals surface area contributed by atoms with E-state index in [1.807, 2.05) is 16.7 Å². The zero-order chi connectivity index (χ0) is 15.8. The second-order valence-electron chi connectivity index (χ2n) is 5.13. The molecule has 0 aliphatic carbocycles. The number of nitrogens with zero attached hydrogens (tertiary/aromatic N) is 4. The summed E-state index contributed by atoms with van der Waals surface area (Å²) in [7, 11) is 0. The van der Waals surface area contributed by atoms with Crippen molar-refractivity contribution in [2.24, 2.45) is 4.99 Å². The van der Waals surface area contributed by atoms with Crippen LogP contribution >= 0.6 is 24.0 Å². The molecule has 3 heterocycles. The lowest BCUT2D eigenvalue weighted by Crippen LogP contribution is -2.24. The molecule has 6 nitrogen and oxygen atoms in total. The minimum atomic E-state index is -0.376. The summed E-state index contributed by atoms with van der Waals surface area (Å²) in [5.74, 6) is 0.508. The van der Waals surface area contributed by atoms with Gasteiger partial charge in [-0.3, -0.25) is 14.3 Å². The maximum atomic E-state index is 12.3. The lowest BCUT2D eigenvalue weighted by atomic mass is 10.2. The van der Waals surface area contributed by atoms with Crippen molar-refractivity contribution in [1.29, 1.82) is 0 Å². The number of carbonyl (C=O) groups excluding carboxylic acids is 1. The highest BCUT2D eigenvalue weighted by Gasteiger charge is 2.17. The van der Waals surface area contributed by atoms with Crippen molar-refractivity contribution in [1.82, 2.24) is 14.5 Å². The summed E-state index contributed by atoms with van der Waals surface area (Å²) >= 11 is 6.25. The van der Waals surface area contributed by atoms with Crippen molar-refractivity contribution in [3.8, 4) is 0 Å². The average Bonchev–Trinajstić information content (AvgIpc) is 3.07. The number of carbonyl (C=O) groups is 1. The van der Waals surface area contributed by atoms with E-state index in [4.69, 9.17) is 11.6 Å². The summed E-state index contributed by atoms with van der Waals surface area (Å²) in [6.45, 7) is 1.46. The number of halogens is 2. The molecule has 0 bridgehead atoms. The van der Waals surface area contributed by atoms with Gasteiger partial charge in [0.05, 0.1) is 16.1 Å². The number of nitrogens with one attached hydrogen (secondary N) is 1. The molecule has 2 aromatic heterocycles. The van der Waals surface area contributed by atoms with Gasteiger partial charge in [-0.1, -0.05) is 17.7 Å². The van der Waals surface area contributed by atoms with Crippen molar-refractivity contribution < 1.29 is 4.79 Å². The van der Waals surface area contributed by atoms with Crippen LogP contribution in [0.4, 0.5) is 5.82 Å². The Kier molecular flexibility index (Phi) is 4.51. The Bertz CT molecular complexity index is 985. The number of rotatable bonds is 1. The third-order valence-electron chi connectivity index (χ3n) is 3.70. The van der Waals surface area contributed by atoms with Crippen LogP contribution in [0.3, 0.4) is 0 Å². The zero-order valence-corrected chi connectivity index (χ0v) is 14.0. The first kappa shape index (κ1) is 16.4. The van der Waals surface area contributed by atoms with Crippen molar-refractivity contribution in [3.05, 3.63) is 58.9 Å². The molecule has 0 fully saturated rings. The monoisotopic (exact) mass is 361 g/mol. The van der Waals surface area contributed by atoms with Crippen LogP contribution in [-0.4, -0.2) is 27.0 Å². The van der Waals surface area contributed by atoms with Crippen LogP contribution in [0.5, 0.6) is 0 Å². The van der Waals surface area contributed by atoms with Gasteiger partial charge in [-0.05, 0) is 24.3 Å². The van der Waals surface area contributed by atoms with E-state index in [-0.39, 0.29) is 18.3 Å². The molecule has 3 aromatic rings. The summed E-state index contributed by atoms with van der Waals surface area (Å²) in [5, 5.41) is 4.76. The summed E-state index contributed by atoms with van der Waals surface area (Å²) < 4.78 is 1.90. The topological polar surface area (TPSA) is 72.2 Å². The molecule has 0 atom stereocenters. The number of hydrogen-bond acceptors (Lipinski definition) is 4. The lowest BCUT2D eigenvalue weighted by molar-refractivity contribution is 0.0996. The minimum Gasteiger partial charge on any atom is -0.369 e. The van der Waals surface area contributed by atoms with Crippen molar-refractivity contribution in [2.45, 2.75) is 6.54 Å². The fourth-order valence-electron chi connectivity index (χ4n) is 2.64. The van der Waals surface area contributed by atoms with Crippen molar-refractivity contribution >= 4 is 46.6 Å². The van der Waals surface area contributed by atoms with Crippen LogP contribution in [0.1, 0.15) is 10.4 Å². The lowest BCUT2D eigenvalue weighted by Gasteiger charge is -2.08. The highest BCUT2D eigenvalue weighted by Crippen LogP contribution is 2.27. The van der Waals surface area contributed by atoms with Gasteiger partial charge in [0.2, 0.25) is 5.62 Å². The molecular weight excluding hydrogens is 349 g/mol. The highest BCUT2D eigenvalue weighted by atomic mass is 35.5. The molecule has 1 aliphatic heterocycles. The van der Waals surface area contributed by atoms with Crippen LogP contribution in [0, 0.1) is 0 Å². The number of benzene rings is 1. The number of hydrogen-bond donors (Lipinski definition) is 1. The maximum absolute atomic E-state index is 12.3. The molecule has 1 N–H and O–H groups in total. The SMILES string of the molecule is Cl.O=C(N=c1nc2c(Cl)cccc2c2n1CCN2)c1cccnc1. The largest absolute Gasteiger partial charge is 0.369 e. The molecule has 0 radical (unpaired) electrons. The van der Waals surface area contributed by atoms with E-state index in [0.717, 1.165) is 17.7 Å². The van der Waals surface area contributed by atoms with Gasteiger partial charge in [0.15, 0.2) is 0 Å². The summed E-state index contributed by atoms with van der Waals surface area (Å²) in [6, 6.07) is 8.98. The smallest absolute Gasteiger partial charge is 0.281 e. The molecular formula is C16H13Cl2N5O. The second kappa shape index (κ2) is 6.59. The normalized spacial score (nSPS) is 13.3. The van der Waals surface area contributed by atoms with Gasteiger partial charge in [-0.25, -0.2) is 4.98 Å². The molecule has 1 aromatic carbocycles. The van der Waals surface area contributed by atoms with Gasteiger partial charge in [0.1, 0.15) is 5.82 Å². The molecule has 0 unspecified atom stereocenters. The Labute approximate surface area is 148 Å². The van der Waals surface area contributed by atoms with E-state index in [1.165, 1.54) is 6.20 Å². The molecule has 4 rings (SSSR count).